The SMILES string of the molecule is CCCCC1CCC([SiH](c2ccccc2)[SiH](c2ccccc2)C2CCC3C2CC2CCCC2C3c2ccccc2)C1. The van der Waals surface area contributed by atoms with Gasteiger partial charge in [0.2, 0.25) is 0 Å². The summed E-state index contributed by atoms with van der Waals surface area (Å²) in [5, 5.41) is 3.66. The molecule has 10 atom stereocenters. The molecule has 3 aromatic carbocycles. The molecule has 4 aliphatic rings. The van der Waals surface area contributed by atoms with Gasteiger partial charge < -0.3 is 0 Å². The van der Waals surface area contributed by atoms with Gasteiger partial charge in [-0.05, 0) is 71.4 Å². The first-order valence-electron chi connectivity index (χ1n) is 17.5. The molecule has 3 aromatic rings. The van der Waals surface area contributed by atoms with Gasteiger partial charge >= 0.3 is 0 Å². The Morgan fingerprint density at radius 2 is 1.29 bits per heavy atom. The van der Waals surface area contributed by atoms with Crippen LogP contribution in [0.4, 0.5) is 0 Å². The molecule has 41 heavy (non-hydrogen) atoms. The van der Waals surface area contributed by atoms with Crippen LogP contribution in [-0.4, -0.2) is 16.6 Å². The van der Waals surface area contributed by atoms with Crippen molar-refractivity contribution in [3.63, 3.8) is 0 Å². The lowest BCUT2D eigenvalue weighted by atomic mass is 9.62. The van der Waals surface area contributed by atoms with Gasteiger partial charge in [-0.2, -0.15) is 0 Å². The molecule has 0 amide bonds. The second-order valence-corrected chi connectivity index (χ2v) is 24.1. The van der Waals surface area contributed by atoms with Crippen LogP contribution >= 0.6 is 0 Å². The third-order valence-electron chi connectivity index (χ3n) is 12.6. The molecule has 4 saturated carbocycles. The van der Waals surface area contributed by atoms with Crippen molar-refractivity contribution in [1.82, 2.24) is 0 Å². The van der Waals surface area contributed by atoms with Gasteiger partial charge in [-0.15, -0.1) is 0 Å². The van der Waals surface area contributed by atoms with Gasteiger partial charge in [-0.1, -0.05) is 166 Å². The molecular weight excluding hydrogens is 525 g/mol. The first kappa shape index (κ1) is 27.9. The van der Waals surface area contributed by atoms with E-state index in [1.807, 2.05) is 10.4 Å². The minimum absolute atomic E-state index is 0.819. The van der Waals surface area contributed by atoms with Crippen molar-refractivity contribution in [2.24, 2.45) is 29.6 Å². The Kier molecular flexibility index (Phi) is 8.68. The molecule has 0 radical (unpaired) electrons. The van der Waals surface area contributed by atoms with Crippen LogP contribution in [0.3, 0.4) is 0 Å². The molecule has 0 heterocycles. The van der Waals surface area contributed by atoms with Crippen LogP contribution in [0.25, 0.3) is 0 Å². The molecule has 2 heteroatoms. The summed E-state index contributed by atoms with van der Waals surface area (Å²) >= 11 is 0. The maximum absolute atomic E-state index is 2.60. The van der Waals surface area contributed by atoms with Crippen molar-refractivity contribution in [1.29, 1.82) is 0 Å². The molecule has 0 aromatic heterocycles. The van der Waals surface area contributed by atoms with Crippen molar-refractivity contribution in [2.45, 2.75) is 101 Å². The van der Waals surface area contributed by atoms with E-state index in [4.69, 9.17) is 0 Å². The van der Waals surface area contributed by atoms with Gasteiger partial charge in [0.1, 0.15) is 0 Å². The summed E-state index contributed by atoms with van der Waals surface area (Å²) in [6.45, 7) is 2.38. The van der Waals surface area contributed by atoms with Gasteiger partial charge in [0.25, 0.3) is 0 Å². The highest BCUT2D eigenvalue weighted by Gasteiger charge is 2.55. The van der Waals surface area contributed by atoms with Crippen molar-refractivity contribution < 1.29 is 0 Å². The smallest absolute Gasteiger partial charge is 0.0654 e. The second kappa shape index (κ2) is 12.8. The molecule has 0 bridgehead atoms. The highest BCUT2D eigenvalue weighted by atomic mass is 29.2. The Morgan fingerprint density at radius 1 is 0.610 bits per heavy atom. The second-order valence-electron chi connectivity index (χ2n) is 14.6. The molecule has 4 fully saturated rings. The zero-order valence-electron chi connectivity index (χ0n) is 25.4. The third kappa shape index (κ3) is 5.61. The summed E-state index contributed by atoms with van der Waals surface area (Å²) in [5.74, 6) is 5.63. The average molecular weight is 577 g/mol. The van der Waals surface area contributed by atoms with E-state index in [1.165, 1.54) is 64.2 Å². The predicted octanol–water partition coefficient (Wildman–Crippen LogP) is 8.69. The lowest BCUT2D eigenvalue weighted by molar-refractivity contribution is 0.122. The van der Waals surface area contributed by atoms with Crippen LogP contribution in [0, 0.1) is 29.6 Å². The van der Waals surface area contributed by atoms with E-state index in [1.54, 1.807) is 18.4 Å². The first-order valence-corrected chi connectivity index (χ1v) is 22.6. The zero-order valence-corrected chi connectivity index (χ0v) is 27.7. The van der Waals surface area contributed by atoms with E-state index in [0.717, 1.165) is 46.6 Å². The minimum Gasteiger partial charge on any atom is -0.0654 e. The number of hydrogen-bond donors (Lipinski definition) is 0. The van der Waals surface area contributed by atoms with Crippen LogP contribution < -0.4 is 10.4 Å². The van der Waals surface area contributed by atoms with Crippen LogP contribution in [0.1, 0.15) is 95.5 Å². The van der Waals surface area contributed by atoms with E-state index in [2.05, 4.69) is 97.9 Å². The number of unbranched alkanes of at least 4 members (excludes halogenated alkanes) is 1. The zero-order chi connectivity index (χ0) is 27.6. The summed E-state index contributed by atoms with van der Waals surface area (Å²) in [6.07, 6.45) is 17.9. The van der Waals surface area contributed by atoms with E-state index >= 15 is 0 Å². The quantitative estimate of drug-likeness (QED) is 0.224. The summed E-state index contributed by atoms with van der Waals surface area (Å²) in [5.41, 5.74) is 3.70. The van der Waals surface area contributed by atoms with Crippen LogP contribution in [0.2, 0.25) is 11.1 Å². The first-order chi connectivity index (χ1) is 20.3. The minimum atomic E-state index is -1.21. The monoisotopic (exact) mass is 576 g/mol. The lowest BCUT2D eigenvalue weighted by Crippen LogP contribution is -2.58. The predicted molar refractivity (Wildman–Crippen MR) is 182 cm³/mol. The summed E-state index contributed by atoms with van der Waals surface area (Å²) in [7, 11) is -2.37. The number of benzene rings is 3. The molecule has 7 rings (SSSR count). The van der Waals surface area contributed by atoms with Gasteiger partial charge in [0.05, 0.1) is 16.6 Å². The highest BCUT2D eigenvalue weighted by molar-refractivity contribution is 7.34. The fraction of sp³-hybridized carbons (Fsp3) is 0.538. The maximum Gasteiger partial charge on any atom is 0.0703 e. The van der Waals surface area contributed by atoms with Crippen molar-refractivity contribution in [2.75, 3.05) is 0 Å². The normalized spacial score (nSPS) is 34.2. The highest BCUT2D eigenvalue weighted by Crippen LogP contribution is 2.62. The molecule has 0 saturated heterocycles. The molecule has 0 spiro atoms. The molecule has 0 N–H and O–H groups in total. The summed E-state index contributed by atoms with van der Waals surface area (Å²) in [6, 6.07) is 36.3. The molecule has 4 aliphatic carbocycles. The number of hydrogen-bond acceptors (Lipinski definition) is 0. The van der Waals surface area contributed by atoms with Gasteiger partial charge in [0.15, 0.2) is 0 Å². The fourth-order valence-corrected chi connectivity index (χ4v) is 27.8. The molecule has 0 aliphatic heterocycles. The third-order valence-corrected chi connectivity index (χ3v) is 26.8. The molecular formula is C39H52Si2. The average Bonchev–Trinajstić information content (AvgIpc) is 3.79. The van der Waals surface area contributed by atoms with E-state index in [0.29, 0.717) is 0 Å². The van der Waals surface area contributed by atoms with Crippen LogP contribution in [0.15, 0.2) is 91.0 Å². The standard InChI is InChI=1S/C39H52Si2/c1-2-3-14-29-23-24-34(27-29)40(32-18-9-5-10-19-32)41(33-20-11-6-12-21-33)38-26-25-36-37(38)28-31-17-13-22-35(31)39(36)30-15-7-4-8-16-30/h4-12,15-16,18-21,29,31,34-41H,2-3,13-14,17,22-28H2,1H3. The molecule has 216 valence electrons. The van der Waals surface area contributed by atoms with E-state index in [-0.39, 0.29) is 0 Å². The van der Waals surface area contributed by atoms with Crippen LogP contribution in [-0.2, 0) is 0 Å². The van der Waals surface area contributed by atoms with E-state index in [9.17, 15) is 0 Å². The Balaban J connectivity index is 1.27. The largest absolute Gasteiger partial charge is 0.0703 e. The molecule has 10 unspecified atom stereocenters. The number of rotatable bonds is 9. The maximum atomic E-state index is 2.60. The van der Waals surface area contributed by atoms with Gasteiger partial charge in [-0.3, -0.25) is 0 Å². The Bertz CT molecular complexity index is 1230. The van der Waals surface area contributed by atoms with Gasteiger partial charge in [-0.25, -0.2) is 0 Å². The topological polar surface area (TPSA) is 0 Å². The number of fused-ring (bicyclic) bond motifs is 2. The van der Waals surface area contributed by atoms with Crippen LogP contribution in [0.5, 0.6) is 0 Å². The van der Waals surface area contributed by atoms with Crippen molar-refractivity contribution in [3.05, 3.63) is 96.6 Å². The Hall–Kier alpha value is -1.91. The summed E-state index contributed by atoms with van der Waals surface area (Å²) in [4.78, 5) is 0. The molecule has 0 nitrogen and oxygen atoms in total. The van der Waals surface area contributed by atoms with Crippen molar-refractivity contribution >= 4 is 27.0 Å². The fourth-order valence-electron chi connectivity index (χ4n) is 11.1. The Morgan fingerprint density at radius 3 is 2.00 bits per heavy atom. The lowest BCUT2D eigenvalue weighted by Gasteiger charge is -2.46. The van der Waals surface area contributed by atoms with E-state index < -0.39 is 16.6 Å². The summed E-state index contributed by atoms with van der Waals surface area (Å²) < 4.78 is 0. The Labute approximate surface area is 253 Å². The van der Waals surface area contributed by atoms with Gasteiger partial charge in [0, 0.05) is 0 Å². The van der Waals surface area contributed by atoms with Crippen molar-refractivity contribution in [3.8, 4) is 0 Å².